The first-order valence-corrected chi connectivity index (χ1v) is 11.8. The topological polar surface area (TPSA) is 90.8 Å². The smallest absolute Gasteiger partial charge is 0.237 e. The molecule has 0 fully saturated rings. The van der Waals surface area contributed by atoms with Gasteiger partial charge in [-0.2, -0.15) is 4.57 Å². The average molecular weight is 496 g/mol. The first-order chi connectivity index (χ1) is 17.7. The number of aromatic hydroxyl groups is 1. The Balaban J connectivity index is 0.000000747. The highest BCUT2D eigenvalue weighted by Crippen LogP contribution is 2.39. The highest BCUT2D eigenvalue weighted by atomic mass is 16.5. The number of methoxy groups -OCH3 is 1. The van der Waals surface area contributed by atoms with Gasteiger partial charge < -0.3 is 19.7 Å². The lowest BCUT2D eigenvalue weighted by Gasteiger charge is -2.07. The van der Waals surface area contributed by atoms with Crippen LogP contribution in [0, 0.1) is 13.8 Å². The Morgan fingerprint density at radius 1 is 0.973 bits per heavy atom. The molecule has 7 heteroatoms. The Bertz CT molecular complexity index is 1510. The van der Waals surface area contributed by atoms with Gasteiger partial charge in [-0.05, 0) is 75.7 Å². The van der Waals surface area contributed by atoms with Crippen LogP contribution in [0.25, 0.3) is 11.4 Å². The molecule has 4 aromatic rings. The lowest BCUT2D eigenvalue weighted by atomic mass is 10.1. The Labute approximate surface area is 216 Å². The number of nitrogens with zero attached hydrogens (tertiary/aromatic N) is 3. The number of rotatable bonds is 4. The van der Waals surface area contributed by atoms with Gasteiger partial charge in [0.05, 0.1) is 12.7 Å². The quantitative estimate of drug-likeness (QED) is 0.428. The number of aromatic nitrogens is 2. The van der Waals surface area contributed by atoms with Gasteiger partial charge in [0, 0.05) is 35.0 Å². The first kappa shape index (κ1) is 25.4. The van der Waals surface area contributed by atoms with Gasteiger partial charge in [0.1, 0.15) is 17.1 Å². The number of carboxylic acid groups (broad SMARTS) is 1. The second kappa shape index (κ2) is 10.5. The summed E-state index contributed by atoms with van der Waals surface area (Å²) in [6, 6.07) is 24.0. The Hall–Kier alpha value is -4.65. The molecule has 0 saturated carbocycles. The first-order valence-electron chi connectivity index (χ1n) is 11.8. The molecule has 0 bridgehead atoms. The van der Waals surface area contributed by atoms with E-state index in [9.17, 15) is 5.11 Å². The second-order valence-electron chi connectivity index (χ2n) is 8.66. The Morgan fingerprint density at radius 3 is 2.22 bits per heavy atom. The van der Waals surface area contributed by atoms with Crippen LogP contribution >= 0.6 is 0 Å². The fourth-order valence-corrected chi connectivity index (χ4v) is 4.47. The average Bonchev–Trinajstić information content (AvgIpc) is 3.29. The van der Waals surface area contributed by atoms with Gasteiger partial charge in [-0.1, -0.05) is 18.2 Å². The summed E-state index contributed by atoms with van der Waals surface area (Å²) in [5.41, 5.74) is 8.47. The number of pyridine rings is 1. The van der Waals surface area contributed by atoms with Gasteiger partial charge in [0.25, 0.3) is 0 Å². The van der Waals surface area contributed by atoms with E-state index in [4.69, 9.17) is 19.6 Å². The fraction of sp³-hybridized carbons (Fsp3) is 0.167. The maximum absolute atomic E-state index is 11.2. The number of aliphatic carboxylic acids is 1. The van der Waals surface area contributed by atoms with Crippen LogP contribution in [0.5, 0.6) is 11.6 Å². The van der Waals surface area contributed by atoms with Crippen LogP contribution in [-0.2, 0) is 4.79 Å². The van der Waals surface area contributed by atoms with E-state index in [2.05, 4.69) is 29.7 Å². The number of aliphatic imine (C=N–C) groups is 1. The van der Waals surface area contributed by atoms with Crippen LogP contribution in [0.4, 0.5) is 5.69 Å². The second-order valence-corrected chi connectivity index (χ2v) is 8.66. The molecule has 0 spiro atoms. The molecule has 0 saturated heterocycles. The van der Waals surface area contributed by atoms with Crippen molar-refractivity contribution in [2.75, 3.05) is 7.11 Å². The number of carbonyl (C=O) groups excluding carboxylic acids is 1. The number of allylic oxidation sites excluding steroid dienone is 1. The van der Waals surface area contributed by atoms with Crippen LogP contribution in [-0.4, -0.2) is 28.5 Å². The summed E-state index contributed by atoms with van der Waals surface area (Å²) >= 11 is 0. The molecule has 2 aromatic heterocycles. The summed E-state index contributed by atoms with van der Waals surface area (Å²) in [5, 5.41) is 20.1. The van der Waals surface area contributed by atoms with Crippen molar-refractivity contribution in [3.05, 3.63) is 107 Å². The molecule has 1 N–H and O–H groups in total. The number of carbonyl (C=O) groups is 1. The van der Waals surface area contributed by atoms with E-state index in [1.807, 2.05) is 79.2 Å². The molecule has 0 atom stereocenters. The SMILES string of the molecule is CC(=O)[O-].COc1ccc(C2=C(C)/C(=N\c3c(C)c(C)n(-c4ccccc4)c3O)c3cccc[n+]32)cc1. The number of carboxylic acids is 1. The number of hydrogen-bond donors (Lipinski definition) is 1. The van der Waals surface area contributed by atoms with E-state index in [1.165, 1.54) is 0 Å². The number of ether oxygens (including phenoxy) is 1. The van der Waals surface area contributed by atoms with Crippen LogP contribution in [0.3, 0.4) is 0 Å². The predicted octanol–water partition coefficient (Wildman–Crippen LogP) is 4.27. The lowest BCUT2D eigenvalue weighted by Crippen LogP contribution is -2.34. The molecule has 0 aliphatic carbocycles. The molecule has 7 nitrogen and oxygen atoms in total. The minimum atomic E-state index is -1.08. The maximum atomic E-state index is 11.2. The van der Waals surface area contributed by atoms with Crippen molar-refractivity contribution in [2.24, 2.45) is 4.99 Å². The maximum Gasteiger partial charge on any atom is 0.237 e. The summed E-state index contributed by atoms with van der Waals surface area (Å²) in [4.78, 5) is 13.9. The van der Waals surface area contributed by atoms with Crippen LogP contribution in [0.1, 0.15) is 36.4 Å². The van der Waals surface area contributed by atoms with Gasteiger partial charge in [-0.25, -0.2) is 4.99 Å². The molecule has 0 unspecified atom stereocenters. The van der Waals surface area contributed by atoms with Crippen molar-refractivity contribution < 1.29 is 24.3 Å². The summed E-state index contributed by atoms with van der Waals surface area (Å²) in [7, 11) is 1.67. The molecular weight excluding hydrogens is 466 g/mol. The van der Waals surface area contributed by atoms with Gasteiger partial charge in [-0.15, -0.1) is 0 Å². The minimum Gasteiger partial charge on any atom is -0.550 e. The molecule has 0 radical (unpaired) electrons. The van der Waals surface area contributed by atoms with E-state index in [-0.39, 0.29) is 5.88 Å². The molecule has 5 rings (SSSR count). The highest BCUT2D eigenvalue weighted by molar-refractivity contribution is 6.17. The normalized spacial score (nSPS) is 13.3. The largest absolute Gasteiger partial charge is 0.550 e. The summed E-state index contributed by atoms with van der Waals surface area (Å²) < 4.78 is 9.34. The monoisotopic (exact) mass is 495 g/mol. The van der Waals surface area contributed by atoms with Crippen LogP contribution in [0.15, 0.2) is 89.6 Å². The van der Waals surface area contributed by atoms with Gasteiger partial charge in [0.15, 0.2) is 6.20 Å². The number of para-hydroxylation sites is 1. The lowest BCUT2D eigenvalue weighted by molar-refractivity contribution is -0.577. The molecule has 0 amide bonds. The molecular formula is C30H29N3O4. The summed E-state index contributed by atoms with van der Waals surface area (Å²) in [6.07, 6.45) is 2.05. The standard InChI is InChI=1S/C28H25N3O2.C2H4O2/c1-18-20(3)31(22-10-6-5-7-11-22)28(32)26(18)29-25-19(2)27(30-17-9-8-12-24(25)30)21-13-15-23(33-4)16-14-21;1-2(3)4/h5-17H,1-4H3;1H3,(H,3,4). The molecule has 1 aliphatic heterocycles. The van der Waals surface area contributed by atoms with E-state index in [0.29, 0.717) is 5.69 Å². The van der Waals surface area contributed by atoms with Gasteiger partial charge >= 0.3 is 0 Å². The molecule has 3 heterocycles. The zero-order valence-corrected chi connectivity index (χ0v) is 21.5. The van der Waals surface area contributed by atoms with E-state index >= 15 is 0 Å². The zero-order valence-electron chi connectivity index (χ0n) is 21.5. The molecule has 1 aliphatic rings. The van der Waals surface area contributed by atoms with Crippen molar-refractivity contribution in [3.8, 4) is 17.3 Å². The fourth-order valence-electron chi connectivity index (χ4n) is 4.47. The zero-order chi connectivity index (χ0) is 26.7. The molecule has 2 aromatic carbocycles. The highest BCUT2D eigenvalue weighted by Gasteiger charge is 2.35. The van der Waals surface area contributed by atoms with E-state index in [1.54, 1.807) is 7.11 Å². The third-order valence-electron chi connectivity index (χ3n) is 6.31. The van der Waals surface area contributed by atoms with Crippen LogP contribution < -0.4 is 14.4 Å². The number of fused-ring (bicyclic) bond motifs is 1. The number of hydrogen-bond acceptors (Lipinski definition) is 5. The van der Waals surface area contributed by atoms with Crippen molar-refractivity contribution in [2.45, 2.75) is 27.7 Å². The van der Waals surface area contributed by atoms with E-state index < -0.39 is 5.97 Å². The Kier molecular flexibility index (Phi) is 7.25. The van der Waals surface area contributed by atoms with E-state index in [0.717, 1.165) is 57.9 Å². The third kappa shape index (κ3) is 4.89. The van der Waals surface area contributed by atoms with Crippen molar-refractivity contribution >= 4 is 23.1 Å². The van der Waals surface area contributed by atoms with Gasteiger partial charge in [0.2, 0.25) is 17.3 Å². The minimum absolute atomic E-state index is 0.150. The third-order valence-corrected chi connectivity index (χ3v) is 6.31. The molecule has 188 valence electrons. The number of benzene rings is 2. The summed E-state index contributed by atoms with van der Waals surface area (Å²) in [5.74, 6) is -0.114. The molecule has 37 heavy (non-hydrogen) atoms. The van der Waals surface area contributed by atoms with Crippen molar-refractivity contribution in [1.29, 1.82) is 0 Å². The van der Waals surface area contributed by atoms with Crippen molar-refractivity contribution in [1.82, 2.24) is 4.57 Å². The summed E-state index contributed by atoms with van der Waals surface area (Å²) in [6.45, 7) is 7.07. The van der Waals surface area contributed by atoms with Crippen LogP contribution in [0.2, 0.25) is 0 Å². The van der Waals surface area contributed by atoms with Crippen molar-refractivity contribution in [3.63, 3.8) is 0 Å². The predicted molar refractivity (Wildman–Crippen MR) is 141 cm³/mol. The Morgan fingerprint density at radius 2 is 1.59 bits per heavy atom. The van der Waals surface area contributed by atoms with Gasteiger partial charge in [-0.3, -0.25) is 4.57 Å².